The van der Waals surface area contributed by atoms with E-state index in [2.05, 4.69) is 0 Å². The topological polar surface area (TPSA) is 121 Å². The molecule has 1 amide bonds. The Morgan fingerprint density at radius 1 is 1.07 bits per heavy atom. The third kappa shape index (κ3) is 2.95. The molecule has 0 bridgehead atoms. The van der Waals surface area contributed by atoms with Gasteiger partial charge >= 0.3 is 0 Å². The molecular weight excluding hydrogens is 386 g/mol. The summed E-state index contributed by atoms with van der Waals surface area (Å²) in [6, 6.07) is 14.5. The average Bonchev–Trinajstić information content (AvgIpc) is 3.30. The van der Waals surface area contributed by atoms with Crippen LogP contribution in [0.1, 0.15) is 32.2 Å². The summed E-state index contributed by atoms with van der Waals surface area (Å²) in [5.41, 5.74) is 7.98. The van der Waals surface area contributed by atoms with Crippen molar-refractivity contribution in [3.8, 4) is 11.3 Å². The molecule has 0 aliphatic heterocycles. The maximum absolute atomic E-state index is 13.2. The van der Waals surface area contributed by atoms with Crippen LogP contribution in [0.4, 0.5) is 5.69 Å². The summed E-state index contributed by atoms with van der Waals surface area (Å²) in [6.45, 7) is 3.44. The number of amides is 1. The standard InChI is InChI=1S/C22H17N3O5/c1-12-7-8-14(25(28)29)11-16(12)18-9-10-19(30-18)22(27)24-13(2)20(21(23)26)15-5-3-4-6-17(15)24/h3-11H,1-2H3,(H2,23,26). The number of nitro benzene ring substituents is 1. The minimum absolute atomic E-state index is 0.0378. The number of nitro groups is 1. The van der Waals surface area contributed by atoms with Gasteiger partial charge in [0.25, 0.3) is 17.5 Å². The summed E-state index contributed by atoms with van der Waals surface area (Å²) >= 11 is 0. The average molecular weight is 403 g/mol. The molecular formula is C22H17N3O5. The van der Waals surface area contributed by atoms with Crippen molar-refractivity contribution in [3.63, 3.8) is 0 Å². The molecule has 4 rings (SSSR count). The molecule has 2 aromatic heterocycles. The lowest BCUT2D eigenvalue weighted by molar-refractivity contribution is -0.384. The number of nitrogens with zero attached hydrogens (tertiary/aromatic N) is 2. The van der Waals surface area contributed by atoms with E-state index in [0.29, 0.717) is 27.9 Å². The maximum atomic E-state index is 13.2. The van der Waals surface area contributed by atoms with Gasteiger partial charge in [0.1, 0.15) is 5.76 Å². The van der Waals surface area contributed by atoms with Crippen molar-refractivity contribution in [2.75, 3.05) is 0 Å². The van der Waals surface area contributed by atoms with Gasteiger partial charge in [-0.3, -0.25) is 24.3 Å². The van der Waals surface area contributed by atoms with Gasteiger partial charge in [-0.25, -0.2) is 0 Å². The second-order valence-electron chi connectivity index (χ2n) is 6.90. The number of aromatic nitrogens is 1. The molecule has 2 N–H and O–H groups in total. The van der Waals surface area contributed by atoms with Gasteiger partial charge < -0.3 is 10.2 Å². The Hall–Kier alpha value is -4.20. The Kier molecular flexibility index (Phi) is 4.46. The van der Waals surface area contributed by atoms with Crippen LogP contribution < -0.4 is 5.73 Å². The molecule has 0 saturated carbocycles. The molecule has 8 heteroatoms. The van der Waals surface area contributed by atoms with Gasteiger partial charge in [-0.15, -0.1) is 0 Å². The molecule has 2 aromatic carbocycles. The third-order valence-electron chi connectivity index (χ3n) is 5.08. The number of furan rings is 1. The van der Waals surface area contributed by atoms with Crippen LogP contribution in [0.3, 0.4) is 0 Å². The number of para-hydroxylation sites is 1. The van der Waals surface area contributed by atoms with Gasteiger partial charge in [-0.05, 0) is 37.6 Å². The molecule has 2 heterocycles. The van der Waals surface area contributed by atoms with Gasteiger partial charge in [0.05, 0.1) is 16.0 Å². The Balaban J connectivity index is 1.82. The molecule has 0 aliphatic rings. The van der Waals surface area contributed by atoms with E-state index < -0.39 is 16.7 Å². The highest BCUT2D eigenvalue weighted by molar-refractivity contribution is 6.12. The molecule has 0 fully saturated rings. The summed E-state index contributed by atoms with van der Waals surface area (Å²) < 4.78 is 7.15. The van der Waals surface area contributed by atoms with E-state index >= 15 is 0 Å². The highest BCUT2D eigenvalue weighted by atomic mass is 16.6. The van der Waals surface area contributed by atoms with E-state index in [1.807, 2.05) is 0 Å². The molecule has 30 heavy (non-hydrogen) atoms. The van der Waals surface area contributed by atoms with Crippen molar-refractivity contribution < 1.29 is 18.9 Å². The first-order valence-electron chi connectivity index (χ1n) is 9.09. The predicted molar refractivity (Wildman–Crippen MR) is 110 cm³/mol. The molecule has 0 aliphatic carbocycles. The van der Waals surface area contributed by atoms with Crippen molar-refractivity contribution in [1.29, 1.82) is 0 Å². The van der Waals surface area contributed by atoms with Crippen molar-refractivity contribution >= 4 is 28.4 Å². The second-order valence-corrected chi connectivity index (χ2v) is 6.90. The number of hydrogen-bond acceptors (Lipinski definition) is 5. The fourth-order valence-electron chi connectivity index (χ4n) is 3.64. The normalized spacial score (nSPS) is 11.0. The summed E-state index contributed by atoms with van der Waals surface area (Å²) in [7, 11) is 0. The molecule has 0 atom stereocenters. The van der Waals surface area contributed by atoms with Crippen LogP contribution in [0.2, 0.25) is 0 Å². The van der Waals surface area contributed by atoms with Gasteiger partial charge in [0, 0.05) is 28.8 Å². The number of non-ortho nitro benzene ring substituents is 1. The van der Waals surface area contributed by atoms with Crippen molar-refractivity contribution in [2.45, 2.75) is 13.8 Å². The number of carbonyl (C=O) groups excluding carboxylic acids is 2. The summed E-state index contributed by atoms with van der Waals surface area (Å²) in [5, 5.41) is 11.7. The Morgan fingerprint density at radius 2 is 1.80 bits per heavy atom. The fourth-order valence-corrected chi connectivity index (χ4v) is 3.64. The first kappa shape index (κ1) is 19.1. The molecule has 0 spiro atoms. The lowest BCUT2D eigenvalue weighted by atomic mass is 10.1. The quantitative estimate of drug-likeness (QED) is 0.404. The summed E-state index contributed by atoms with van der Waals surface area (Å²) in [6.07, 6.45) is 0. The zero-order valence-electron chi connectivity index (χ0n) is 16.2. The summed E-state index contributed by atoms with van der Waals surface area (Å²) in [4.78, 5) is 35.8. The SMILES string of the molecule is Cc1ccc([N+](=O)[O-])cc1-c1ccc(C(=O)n2c(C)c(C(N)=O)c3ccccc32)o1. The summed E-state index contributed by atoms with van der Waals surface area (Å²) in [5.74, 6) is -0.715. The molecule has 0 radical (unpaired) electrons. The first-order chi connectivity index (χ1) is 14.3. The third-order valence-corrected chi connectivity index (χ3v) is 5.08. The Morgan fingerprint density at radius 3 is 2.50 bits per heavy atom. The van der Waals surface area contributed by atoms with Gasteiger partial charge in [0.15, 0.2) is 5.76 Å². The van der Waals surface area contributed by atoms with E-state index in [0.717, 1.165) is 5.56 Å². The largest absolute Gasteiger partial charge is 0.451 e. The monoisotopic (exact) mass is 403 g/mol. The van der Waals surface area contributed by atoms with Gasteiger partial charge in [-0.1, -0.05) is 24.3 Å². The number of nitrogens with two attached hydrogens (primary N) is 1. The minimum Gasteiger partial charge on any atom is -0.451 e. The highest BCUT2D eigenvalue weighted by Gasteiger charge is 2.24. The van der Waals surface area contributed by atoms with Crippen LogP contribution in [-0.4, -0.2) is 21.3 Å². The van der Waals surface area contributed by atoms with Crippen molar-refractivity contribution in [2.24, 2.45) is 5.73 Å². The van der Waals surface area contributed by atoms with E-state index in [4.69, 9.17) is 10.2 Å². The number of primary amides is 1. The van der Waals surface area contributed by atoms with E-state index in [9.17, 15) is 19.7 Å². The molecule has 0 saturated heterocycles. The van der Waals surface area contributed by atoms with E-state index in [1.165, 1.54) is 22.8 Å². The molecule has 4 aromatic rings. The molecule has 0 unspecified atom stereocenters. The van der Waals surface area contributed by atoms with E-state index in [1.54, 1.807) is 50.2 Å². The van der Waals surface area contributed by atoms with Crippen LogP contribution in [-0.2, 0) is 0 Å². The Bertz CT molecular complexity index is 1350. The maximum Gasteiger partial charge on any atom is 0.298 e. The zero-order valence-corrected chi connectivity index (χ0v) is 16.2. The van der Waals surface area contributed by atoms with Crippen LogP contribution >= 0.6 is 0 Å². The van der Waals surface area contributed by atoms with Crippen molar-refractivity contribution in [1.82, 2.24) is 4.57 Å². The number of carbonyl (C=O) groups is 2. The van der Waals surface area contributed by atoms with E-state index in [-0.39, 0.29) is 17.0 Å². The lowest BCUT2D eigenvalue weighted by Crippen LogP contribution is -2.16. The fraction of sp³-hybridized carbons (Fsp3) is 0.0909. The van der Waals surface area contributed by atoms with Crippen LogP contribution in [0.25, 0.3) is 22.2 Å². The highest BCUT2D eigenvalue weighted by Crippen LogP contribution is 2.31. The number of hydrogen-bond donors (Lipinski definition) is 1. The molecule has 8 nitrogen and oxygen atoms in total. The minimum atomic E-state index is -0.623. The number of rotatable bonds is 4. The predicted octanol–water partition coefficient (Wildman–Crippen LogP) is 4.21. The van der Waals surface area contributed by atoms with Gasteiger partial charge in [-0.2, -0.15) is 0 Å². The smallest absolute Gasteiger partial charge is 0.298 e. The molecule has 150 valence electrons. The lowest BCUT2D eigenvalue weighted by Gasteiger charge is -2.06. The van der Waals surface area contributed by atoms with Crippen molar-refractivity contribution in [3.05, 3.63) is 87.3 Å². The number of benzene rings is 2. The van der Waals surface area contributed by atoms with Crippen LogP contribution in [0, 0.1) is 24.0 Å². The first-order valence-corrected chi connectivity index (χ1v) is 9.09. The zero-order chi connectivity index (χ0) is 21.6. The second kappa shape index (κ2) is 7.00. The van der Waals surface area contributed by atoms with Crippen LogP contribution in [0.5, 0.6) is 0 Å². The number of aryl methyl sites for hydroxylation is 1. The van der Waals surface area contributed by atoms with Gasteiger partial charge in [0.2, 0.25) is 0 Å². The number of fused-ring (bicyclic) bond motifs is 1. The van der Waals surface area contributed by atoms with Crippen LogP contribution in [0.15, 0.2) is 59.0 Å². The Labute approximate surface area is 170 Å².